The number of anilines is 1. The second kappa shape index (κ2) is 6.33. The third-order valence-corrected chi connectivity index (χ3v) is 5.58. The first-order chi connectivity index (χ1) is 10.00. The summed E-state index contributed by atoms with van der Waals surface area (Å²) in [6.45, 7) is -0.200. The maximum absolute atomic E-state index is 12.3. The Balaban J connectivity index is 2.35. The van der Waals surface area contributed by atoms with Gasteiger partial charge in [0.1, 0.15) is 15.7 Å². The van der Waals surface area contributed by atoms with Crippen molar-refractivity contribution in [2.45, 2.75) is 10.8 Å². The molecule has 0 unspecified atom stereocenters. The van der Waals surface area contributed by atoms with Crippen molar-refractivity contribution in [3.63, 3.8) is 0 Å². The number of ether oxygens (including phenoxy) is 2. The summed E-state index contributed by atoms with van der Waals surface area (Å²) in [5, 5.41) is 10.6. The van der Waals surface area contributed by atoms with E-state index in [4.69, 9.17) is 14.6 Å². The maximum Gasteiger partial charge on any atom is 0.271 e. The lowest BCUT2D eigenvalue weighted by atomic mass is 10.3. The van der Waals surface area contributed by atoms with Gasteiger partial charge in [0.25, 0.3) is 10.0 Å². The number of rotatable bonds is 6. The monoisotopic (exact) mass is 329 g/mol. The van der Waals surface area contributed by atoms with E-state index in [1.165, 1.54) is 26.4 Å². The number of aliphatic hydroxyl groups excluding tert-OH is 1. The van der Waals surface area contributed by atoms with Gasteiger partial charge >= 0.3 is 0 Å². The van der Waals surface area contributed by atoms with Crippen molar-refractivity contribution in [3.05, 3.63) is 35.2 Å². The van der Waals surface area contributed by atoms with Crippen LogP contribution in [0.4, 0.5) is 5.69 Å². The number of hydrogen-bond donors (Lipinski definition) is 2. The van der Waals surface area contributed by atoms with Gasteiger partial charge in [0.05, 0.1) is 26.5 Å². The van der Waals surface area contributed by atoms with Crippen molar-refractivity contribution in [3.8, 4) is 11.5 Å². The fraction of sp³-hybridized carbons (Fsp3) is 0.231. The van der Waals surface area contributed by atoms with E-state index >= 15 is 0 Å². The second-order valence-corrected chi connectivity index (χ2v) is 6.92. The molecule has 0 saturated heterocycles. The number of nitrogens with one attached hydrogen (secondary N) is 1. The van der Waals surface area contributed by atoms with Crippen molar-refractivity contribution < 1.29 is 23.0 Å². The van der Waals surface area contributed by atoms with Gasteiger partial charge in [-0.15, -0.1) is 11.3 Å². The van der Waals surface area contributed by atoms with Crippen LogP contribution in [0.25, 0.3) is 0 Å². The quantitative estimate of drug-likeness (QED) is 0.847. The summed E-state index contributed by atoms with van der Waals surface area (Å²) in [6, 6.07) is 6.26. The van der Waals surface area contributed by atoms with Gasteiger partial charge in [0.15, 0.2) is 0 Å². The van der Waals surface area contributed by atoms with Crippen molar-refractivity contribution in [1.82, 2.24) is 0 Å². The third kappa shape index (κ3) is 3.46. The molecule has 2 N–H and O–H groups in total. The minimum atomic E-state index is -3.74. The van der Waals surface area contributed by atoms with E-state index in [1.807, 2.05) is 0 Å². The first-order valence-corrected chi connectivity index (χ1v) is 8.29. The highest BCUT2D eigenvalue weighted by atomic mass is 32.2. The molecule has 0 fully saturated rings. The summed E-state index contributed by atoms with van der Waals surface area (Å²) in [7, 11) is -0.792. The van der Waals surface area contributed by atoms with Crippen LogP contribution in [-0.4, -0.2) is 27.7 Å². The minimum Gasteiger partial charge on any atom is -0.497 e. The largest absolute Gasteiger partial charge is 0.497 e. The van der Waals surface area contributed by atoms with E-state index in [0.29, 0.717) is 17.1 Å². The van der Waals surface area contributed by atoms with Crippen LogP contribution in [0, 0.1) is 0 Å². The standard InChI is InChI=1S/C13H15NO5S2/c1-18-10-3-4-12(19-2)11(6-10)14-21(16,17)13-5-9(7-15)8-20-13/h3-6,8,14-15H,7H2,1-2H3. The molecule has 0 aliphatic carbocycles. The molecule has 1 aromatic heterocycles. The molecule has 0 bridgehead atoms. The molecule has 0 atom stereocenters. The zero-order chi connectivity index (χ0) is 15.5. The molecule has 0 aliphatic rings. The van der Waals surface area contributed by atoms with E-state index in [0.717, 1.165) is 11.3 Å². The van der Waals surface area contributed by atoms with Crippen LogP contribution in [0.3, 0.4) is 0 Å². The van der Waals surface area contributed by atoms with Gasteiger partial charge < -0.3 is 14.6 Å². The summed E-state index contributed by atoms with van der Waals surface area (Å²) in [5.41, 5.74) is 0.841. The van der Waals surface area contributed by atoms with Gasteiger partial charge in [-0.1, -0.05) is 0 Å². The molecule has 1 heterocycles. The maximum atomic E-state index is 12.3. The van der Waals surface area contributed by atoms with Gasteiger partial charge in [-0.05, 0) is 29.1 Å². The molecule has 0 radical (unpaired) electrons. The fourth-order valence-electron chi connectivity index (χ4n) is 1.67. The number of sulfonamides is 1. The lowest BCUT2D eigenvalue weighted by Gasteiger charge is -2.12. The lowest BCUT2D eigenvalue weighted by molar-refractivity contribution is 0.282. The van der Waals surface area contributed by atoms with Gasteiger partial charge in [-0.3, -0.25) is 4.72 Å². The van der Waals surface area contributed by atoms with Gasteiger partial charge in [0.2, 0.25) is 0 Å². The van der Waals surface area contributed by atoms with Crippen LogP contribution in [-0.2, 0) is 16.6 Å². The molecule has 1 aromatic carbocycles. The number of benzene rings is 1. The average Bonchev–Trinajstić information content (AvgIpc) is 2.96. The molecule has 0 aliphatic heterocycles. The fourth-order valence-corrected chi connectivity index (χ4v) is 3.93. The molecule has 2 rings (SSSR count). The third-order valence-electron chi connectivity index (χ3n) is 2.73. The molecule has 2 aromatic rings. The molecule has 0 amide bonds. The van der Waals surface area contributed by atoms with E-state index in [2.05, 4.69) is 4.72 Å². The number of methoxy groups -OCH3 is 2. The number of thiophene rings is 1. The van der Waals surface area contributed by atoms with Crippen molar-refractivity contribution in [2.75, 3.05) is 18.9 Å². The second-order valence-electron chi connectivity index (χ2n) is 4.10. The first kappa shape index (κ1) is 15.6. The molecular weight excluding hydrogens is 314 g/mol. The molecule has 8 heteroatoms. The Morgan fingerprint density at radius 1 is 1.24 bits per heavy atom. The van der Waals surface area contributed by atoms with Gasteiger partial charge in [-0.2, -0.15) is 0 Å². The summed E-state index contributed by atoms with van der Waals surface area (Å²) < 4.78 is 37.4. The van der Waals surface area contributed by atoms with Crippen LogP contribution < -0.4 is 14.2 Å². The van der Waals surface area contributed by atoms with Crippen LogP contribution in [0.5, 0.6) is 11.5 Å². The van der Waals surface area contributed by atoms with Crippen LogP contribution in [0.15, 0.2) is 33.9 Å². The van der Waals surface area contributed by atoms with Crippen molar-refractivity contribution >= 4 is 27.0 Å². The first-order valence-electron chi connectivity index (χ1n) is 5.93. The molecular formula is C13H15NO5S2. The number of hydrogen-bond acceptors (Lipinski definition) is 6. The highest BCUT2D eigenvalue weighted by molar-refractivity contribution is 7.94. The van der Waals surface area contributed by atoms with Crippen molar-refractivity contribution in [2.24, 2.45) is 0 Å². The summed E-state index contributed by atoms with van der Waals surface area (Å²) in [6.07, 6.45) is 0. The SMILES string of the molecule is COc1ccc(OC)c(NS(=O)(=O)c2cc(CO)cs2)c1. The average molecular weight is 329 g/mol. The highest BCUT2D eigenvalue weighted by Gasteiger charge is 2.19. The molecule has 0 saturated carbocycles. The zero-order valence-electron chi connectivity index (χ0n) is 11.5. The van der Waals surface area contributed by atoms with Crippen LogP contribution >= 0.6 is 11.3 Å². The Bertz CT molecular complexity index is 724. The van der Waals surface area contributed by atoms with Crippen molar-refractivity contribution in [1.29, 1.82) is 0 Å². The zero-order valence-corrected chi connectivity index (χ0v) is 13.1. The Morgan fingerprint density at radius 3 is 2.57 bits per heavy atom. The van der Waals surface area contributed by atoms with E-state index in [1.54, 1.807) is 17.5 Å². The van der Waals surface area contributed by atoms with Crippen LogP contribution in [0.1, 0.15) is 5.56 Å². The normalized spacial score (nSPS) is 11.2. The molecule has 6 nitrogen and oxygen atoms in total. The van der Waals surface area contributed by atoms with E-state index in [-0.39, 0.29) is 16.5 Å². The molecule has 0 spiro atoms. The topological polar surface area (TPSA) is 84.9 Å². The summed E-state index contributed by atoms with van der Waals surface area (Å²) in [5.74, 6) is 0.897. The van der Waals surface area contributed by atoms with Gasteiger partial charge in [-0.25, -0.2) is 8.42 Å². The van der Waals surface area contributed by atoms with Crippen LogP contribution in [0.2, 0.25) is 0 Å². The van der Waals surface area contributed by atoms with Gasteiger partial charge in [0, 0.05) is 6.07 Å². The minimum absolute atomic E-state index is 0.122. The predicted molar refractivity (Wildman–Crippen MR) is 80.6 cm³/mol. The number of aliphatic hydroxyl groups is 1. The summed E-state index contributed by atoms with van der Waals surface area (Å²) >= 11 is 1.04. The Hall–Kier alpha value is -1.77. The smallest absolute Gasteiger partial charge is 0.271 e. The summed E-state index contributed by atoms with van der Waals surface area (Å²) in [4.78, 5) is 0. The molecule has 114 valence electrons. The predicted octanol–water partition coefficient (Wildman–Crippen LogP) is 2.06. The Morgan fingerprint density at radius 2 is 2.00 bits per heavy atom. The highest BCUT2D eigenvalue weighted by Crippen LogP contribution is 2.32. The Kier molecular flexibility index (Phi) is 4.71. The Labute approximate surface area is 127 Å². The van der Waals surface area contributed by atoms with E-state index in [9.17, 15) is 8.42 Å². The molecule has 21 heavy (non-hydrogen) atoms. The van der Waals surface area contributed by atoms with E-state index < -0.39 is 10.0 Å². The lowest BCUT2D eigenvalue weighted by Crippen LogP contribution is -2.12.